The van der Waals surface area contributed by atoms with Crippen molar-refractivity contribution in [1.29, 1.82) is 0 Å². The molecule has 0 spiro atoms. The summed E-state index contributed by atoms with van der Waals surface area (Å²) in [5, 5.41) is 3.90. The molecule has 4 rings (SSSR count). The van der Waals surface area contributed by atoms with Gasteiger partial charge in [-0.1, -0.05) is 12.1 Å². The highest BCUT2D eigenvalue weighted by Gasteiger charge is 2.31. The van der Waals surface area contributed by atoms with Gasteiger partial charge in [-0.2, -0.15) is 0 Å². The minimum atomic E-state index is -0.364. The molecule has 150 valence electrons. The topological polar surface area (TPSA) is 71.8 Å². The van der Waals surface area contributed by atoms with Crippen molar-refractivity contribution in [2.45, 2.75) is 32.4 Å². The molecule has 1 atom stereocenters. The summed E-state index contributed by atoms with van der Waals surface area (Å²) in [5.74, 6) is 0.714. The summed E-state index contributed by atoms with van der Waals surface area (Å²) in [6.07, 6.45) is 1.74. The second kappa shape index (κ2) is 8.09. The molecule has 0 aliphatic carbocycles. The van der Waals surface area contributed by atoms with E-state index in [0.717, 1.165) is 47.3 Å². The molecule has 6 heteroatoms. The molecular formula is C23H24N2O4. The van der Waals surface area contributed by atoms with Crippen LogP contribution < -0.4 is 15.7 Å². The third-order valence-electron chi connectivity index (χ3n) is 5.38. The van der Waals surface area contributed by atoms with Gasteiger partial charge in [0.2, 0.25) is 5.91 Å². The van der Waals surface area contributed by atoms with Crippen molar-refractivity contribution in [3.8, 4) is 5.75 Å². The molecule has 0 bridgehead atoms. The van der Waals surface area contributed by atoms with Gasteiger partial charge in [0.05, 0.1) is 13.2 Å². The van der Waals surface area contributed by atoms with Crippen molar-refractivity contribution >= 4 is 22.6 Å². The number of hydrogen-bond acceptors (Lipinski definition) is 5. The summed E-state index contributed by atoms with van der Waals surface area (Å²) in [5.41, 5.74) is 2.89. The average molecular weight is 392 g/mol. The van der Waals surface area contributed by atoms with Gasteiger partial charge < -0.3 is 14.5 Å². The molecule has 1 aliphatic heterocycles. The van der Waals surface area contributed by atoms with Crippen molar-refractivity contribution in [3.63, 3.8) is 0 Å². The highest BCUT2D eigenvalue weighted by atomic mass is 16.5. The van der Waals surface area contributed by atoms with Gasteiger partial charge in [0, 0.05) is 23.7 Å². The van der Waals surface area contributed by atoms with Crippen molar-refractivity contribution < 1.29 is 13.9 Å². The van der Waals surface area contributed by atoms with Crippen LogP contribution in [0.2, 0.25) is 0 Å². The molecule has 0 radical (unpaired) electrons. The zero-order valence-corrected chi connectivity index (χ0v) is 16.6. The highest BCUT2D eigenvalue weighted by molar-refractivity contribution is 5.95. The number of aryl methyl sites for hydroxylation is 1. The van der Waals surface area contributed by atoms with Gasteiger partial charge in [0.15, 0.2) is 0 Å². The van der Waals surface area contributed by atoms with Crippen molar-refractivity contribution in [2.24, 2.45) is 0 Å². The molecule has 1 aliphatic rings. The summed E-state index contributed by atoms with van der Waals surface area (Å²) in [6, 6.07) is 14.5. The molecule has 1 aromatic heterocycles. The Bertz CT molecular complexity index is 1090. The van der Waals surface area contributed by atoms with E-state index < -0.39 is 0 Å². The maximum atomic E-state index is 12.9. The molecule has 2 aromatic carbocycles. The standard InChI is InChI=1S/C23H24N2O4/c1-15-5-10-19-16(13-22(26)29-21(19)12-15)14-25-11-3-4-20(25)23(27)24-17-6-8-18(28-2)9-7-17/h5-10,12-13,20H,3-4,11,14H2,1-2H3,(H,24,27)/t20-/m1/s1. The van der Waals surface area contributed by atoms with E-state index >= 15 is 0 Å². The summed E-state index contributed by atoms with van der Waals surface area (Å²) in [6.45, 7) is 3.31. The predicted molar refractivity (Wildman–Crippen MR) is 112 cm³/mol. The minimum Gasteiger partial charge on any atom is -0.497 e. The Morgan fingerprint density at radius 2 is 2.00 bits per heavy atom. The Labute approximate surface area is 169 Å². The first-order valence-corrected chi connectivity index (χ1v) is 9.76. The molecule has 0 saturated carbocycles. The van der Waals surface area contributed by atoms with Crippen LogP contribution >= 0.6 is 0 Å². The zero-order chi connectivity index (χ0) is 20.4. The monoisotopic (exact) mass is 392 g/mol. The Morgan fingerprint density at radius 3 is 2.76 bits per heavy atom. The molecule has 29 heavy (non-hydrogen) atoms. The number of anilines is 1. The largest absolute Gasteiger partial charge is 0.497 e. The van der Waals surface area contributed by atoms with Crippen molar-refractivity contribution in [1.82, 2.24) is 4.90 Å². The van der Waals surface area contributed by atoms with Gasteiger partial charge in [-0.3, -0.25) is 9.69 Å². The summed E-state index contributed by atoms with van der Waals surface area (Å²) in [4.78, 5) is 27.0. The van der Waals surface area contributed by atoms with Crippen molar-refractivity contribution in [3.05, 3.63) is 70.1 Å². The number of carbonyl (C=O) groups excluding carboxylic acids is 1. The fourth-order valence-electron chi connectivity index (χ4n) is 3.90. The lowest BCUT2D eigenvalue weighted by Gasteiger charge is -2.24. The van der Waals surface area contributed by atoms with Crippen LogP contribution in [0.15, 0.2) is 57.7 Å². The Kier molecular flexibility index (Phi) is 5.36. The normalized spacial score (nSPS) is 16.8. The van der Waals surface area contributed by atoms with Gasteiger partial charge in [0.25, 0.3) is 0 Å². The molecule has 1 N–H and O–H groups in total. The van der Waals surface area contributed by atoms with Crippen LogP contribution in [0, 0.1) is 6.92 Å². The molecule has 0 unspecified atom stereocenters. The molecule has 1 amide bonds. The number of methoxy groups -OCH3 is 1. The lowest BCUT2D eigenvalue weighted by molar-refractivity contribution is -0.120. The summed E-state index contributed by atoms with van der Waals surface area (Å²) >= 11 is 0. The Balaban J connectivity index is 1.53. The fourth-order valence-corrected chi connectivity index (χ4v) is 3.90. The van der Waals surface area contributed by atoms with E-state index in [4.69, 9.17) is 9.15 Å². The number of fused-ring (bicyclic) bond motifs is 1. The molecule has 1 fully saturated rings. The molecule has 1 saturated heterocycles. The summed E-state index contributed by atoms with van der Waals surface area (Å²) < 4.78 is 10.5. The Morgan fingerprint density at radius 1 is 1.21 bits per heavy atom. The first-order chi connectivity index (χ1) is 14.0. The molecular weight excluding hydrogens is 368 g/mol. The number of hydrogen-bond donors (Lipinski definition) is 1. The number of nitrogens with one attached hydrogen (secondary N) is 1. The summed E-state index contributed by atoms with van der Waals surface area (Å²) in [7, 11) is 1.61. The van der Waals surface area contributed by atoms with E-state index in [1.807, 2.05) is 49.4 Å². The van der Waals surface area contributed by atoms with Crippen LogP contribution in [0.25, 0.3) is 11.0 Å². The van der Waals surface area contributed by atoms with E-state index in [1.165, 1.54) is 6.07 Å². The smallest absolute Gasteiger partial charge is 0.336 e. The molecule has 6 nitrogen and oxygen atoms in total. The van der Waals surface area contributed by atoms with Crippen LogP contribution in [0.4, 0.5) is 5.69 Å². The number of carbonyl (C=O) groups is 1. The number of likely N-dealkylation sites (tertiary alicyclic amines) is 1. The van der Waals surface area contributed by atoms with Gasteiger partial charge >= 0.3 is 5.63 Å². The van der Waals surface area contributed by atoms with E-state index in [0.29, 0.717) is 12.1 Å². The second-order valence-corrected chi connectivity index (χ2v) is 7.44. The van der Waals surface area contributed by atoms with Crippen LogP contribution in [0.5, 0.6) is 5.75 Å². The maximum Gasteiger partial charge on any atom is 0.336 e. The Hall–Kier alpha value is -3.12. The third-order valence-corrected chi connectivity index (χ3v) is 5.38. The van der Waals surface area contributed by atoms with Crippen LogP contribution in [-0.2, 0) is 11.3 Å². The quantitative estimate of drug-likeness (QED) is 0.670. The predicted octanol–water partition coefficient (Wildman–Crippen LogP) is 3.71. The fraction of sp³-hybridized carbons (Fsp3) is 0.304. The SMILES string of the molecule is COc1ccc(NC(=O)[C@H]2CCCN2Cc2cc(=O)oc3cc(C)ccc23)cc1. The number of ether oxygens (including phenoxy) is 1. The zero-order valence-electron chi connectivity index (χ0n) is 16.6. The first kappa shape index (κ1) is 19.2. The lowest BCUT2D eigenvalue weighted by Crippen LogP contribution is -2.39. The number of nitrogens with zero attached hydrogens (tertiary/aromatic N) is 1. The van der Waals surface area contributed by atoms with Gasteiger partial charge in [-0.15, -0.1) is 0 Å². The number of rotatable bonds is 5. The lowest BCUT2D eigenvalue weighted by atomic mass is 10.1. The van der Waals surface area contributed by atoms with Crippen molar-refractivity contribution in [2.75, 3.05) is 19.0 Å². The van der Waals surface area contributed by atoms with E-state index in [9.17, 15) is 9.59 Å². The van der Waals surface area contributed by atoms with Crippen LogP contribution in [0.3, 0.4) is 0 Å². The molecule has 2 heterocycles. The average Bonchev–Trinajstić information content (AvgIpc) is 3.16. The van der Waals surface area contributed by atoms with Gasteiger partial charge in [0.1, 0.15) is 11.3 Å². The number of amides is 1. The van der Waals surface area contributed by atoms with Crippen LogP contribution in [0.1, 0.15) is 24.0 Å². The third kappa shape index (κ3) is 4.17. The number of benzene rings is 2. The van der Waals surface area contributed by atoms with Crippen LogP contribution in [-0.4, -0.2) is 30.5 Å². The van der Waals surface area contributed by atoms with E-state index in [-0.39, 0.29) is 17.6 Å². The van der Waals surface area contributed by atoms with E-state index in [2.05, 4.69) is 10.2 Å². The second-order valence-electron chi connectivity index (χ2n) is 7.44. The minimum absolute atomic E-state index is 0.0317. The first-order valence-electron chi connectivity index (χ1n) is 9.76. The highest BCUT2D eigenvalue weighted by Crippen LogP contribution is 2.25. The molecule has 3 aromatic rings. The van der Waals surface area contributed by atoms with Gasteiger partial charge in [-0.25, -0.2) is 4.79 Å². The van der Waals surface area contributed by atoms with E-state index in [1.54, 1.807) is 7.11 Å². The maximum absolute atomic E-state index is 12.9. The van der Waals surface area contributed by atoms with Gasteiger partial charge in [-0.05, 0) is 67.8 Å².